The van der Waals surface area contributed by atoms with Gasteiger partial charge in [-0.1, -0.05) is 26.8 Å². The van der Waals surface area contributed by atoms with Crippen molar-refractivity contribution < 1.29 is 23.9 Å². The van der Waals surface area contributed by atoms with E-state index in [0.717, 1.165) is 12.5 Å². The molecule has 1 aromatic rings. The van der Waals surface area contributed by atoms with Gasteiger partial charge < -0.3 is 15.3 Å². The predicted molar refractivity (Wildman–Crippen MR) is 95.1 cm³/mol. The first-order valence-electron chi connectivity index (χ1n) is 8.68. The monoisotopic (exact) mass is 364 g/mol. The lowest BCUT2D eigenvalue weighted by Gasteiger charge is -2.35. The molecule has 2 N–H and O–H groups in total. The van der Waals surface area contributed by atoms with Gasteiger partial charge in [-0.3, -0.25) is 14.4 Å². The fourth-order valence-electron chi connectivity index (χ4n) is 3.03. The van der Waals surface area contributed by atoms with E-state index in [-0.39, 0.29) is 29.0 Å². The number of hydrogen-bond donors (Lipinski definition) is 2. The number of carbonyl (C=O) groups is 3. The summed E-state index contributed by atoms with van der Waals surface area (Å²) in [6.45, 7) is 6.53. The highest BCUT2D eigenvalue weighted by atomic mass is 19.1. The predicted octanol–water partition coefficient (Wildman–Crippen LogP) is 2.68. The molecule has 26 heavy (non-hydrogen) atoms. The van der Waals surface area contributed by atoms with Gasteiger partial charge >= 0.3 is 5.97 Å². The van der Waals surface area contributed by atoms with Crippen LogP contribution in [0.1, 0.15) is 39.2 Å². The van der Waals surface area contributed by atoms with E-state index in [1.807, 2.05) is 20.8 Å². The summed E-state index contributed by atoms with van der Waals surface area (Å²) in [5, 5.41) is 11.4. The van der Waals surface area contributed by atoms with Gasteiger partial charge in [0, 0.05) is 24.2 Å². The van der Waals surface area contributed by atoms with Crippen LogP contribution in [0.4, 0.5) is 10.1 Å². The third kappa shape index (κ3) is 5.03. The molecule has 7 heteroatoms. The van der Waals surface area contributed by atoms with Crippen LogP contribution in [-0.4, -0.2) is 40.9 Å². The highest BCUT2D eigenvalue weighted by Crippen LogP contribution is 2.25. The SMILES string of the molecule is CC(C)(C)C(=O)N1CCCC(C(=O)Nc2ccc(CC(=O)O)c(F)c2)C1. The minimum absolute atomic E-state index is 0.0130. The van der Waals surface area contributed by atoms with Crippen molar-refractivity contribution in [3.05, 3.63) is 29.6 Å². The number of likely N-dealkylation sites (tertiary alicyclic amines) is 1. The minimum Gasteiger partial charge on any atom is -0.481 e. The Balaban J connectivity index is 2.02. The van der Waals surface area contributed by atoms with Crippen molar-refractivity contribution in [1.29, 1.82) is 0 Å². The Kier molecular flexibility index (Phi) is 6.00. The summed E-state index contributed by atoms with van der Waals surface area (Å²) in [6.07, 6.45) is 0.998. The molecule has 0 aromatic heterocycles. The first-order valence-corrected chi connectivity index (χ1v) is 8.68. The molecule has 0 saturated carbocycles. The Labute approximate surface area is 152 Å². The number of anilines is 1. The lowest BCUT2D eigenvalue weighted by atomic mass is 9.91. The number of aliphatic carboxylic acids is 1. The third-order valence-electron chi connectivity index (χ3n) is 4.38. The van der Waals surface area contributed by atoms with Gasteiger partial charge in [0.2, 0.25) is 11.8 Å². The average Bonchev–Trinajstić information content (AvgIpc) is 2.55. The lowest BCUT2D eigenvalue weighted by molar-refractivity contribution is -0.142. The van der Waals surface area contributed by atoms with Crippen molar-refractivity contribution in [2.45, 2.75) is 40.0 Å². The first kappa shape index (κ1) is 19.9. The fraction of sp³-hybridized carbons (Fsp3) is 0.526. The summed E-state index contributed by atoms with van der Waals surface area (Å²) in [4.78, 5) is 37.3. The Morgan fingerprint density at radius 2 is 2.00 bits per heavy atom. The summed E-state index contributed by atoms with van der Waals surface area (Å²) in [6, 6.07) is 3.96. The molecule has 0 bridgehead atoms. The molecule has 0 spiro atoms. The Hall–Kier alpha value is -2.44. The molecule has 6 nitrogen and oxygen atoms in total. The molecule has 2 amide bonds. The number of benzene rings is 1. The number of carboxylic acids is 1. The van der Waals surface area contributed by atoms with Crippen molar-refractivity contribution in [1.82, 2.24) is 4.90 Å². The van der Waals surface area contributed by atoms with E-state index in [2.05, 4.69) is 5.32 Å². The van der Waals surface area contributed by atoms with Crippen LogP contribution in [-0.2, 0) is 20.8 Å². The Morgan fingerprint density at radius 1 is 1.31 bits per heavy atom. The van der Waals surface area contributed by atoms with E-state index in [4.69, 9.17) is 5.11 Å². The molecule has 1 unspecified atom stereocenters. The second-order valence-electron chi connectivity index (χ2n) is 7.71. The summed E-state index contributed by atoms with van der Waals surface area (Å²) in [5.74, 6) is -2.39. The van der Waals surface area contributed by atoms with E-state index < -0.39 is 23.6 Å². The first-order chi connectivity index (χ1) is 12.1. The number of halogens is 1. The smallest absolute Gasteiger partial charge is 0.307 e. The van der Waals surface area contributed by atoms with Crippen molar-refractivity contribution in [3.63, 3.8) is 0 Å². The number of carboxylic acid groups (broad SMARTS) is 1. The molecular formula is C19H25FN2O4. The van der Waals surface area contributed by atoms with Crippen LogP contribution < -0.4 is 5.32 Å². The van der Waals surface area contributed by atoms with Gasteiger partial charge in [0.1, 0.15) is 5.82 Å². The van der Waals surface area contributed by atoms with Gasteiger partial charge in [0.15, 0.2) is 0 Å². The average molecular weight is 364 g/mol. The van der Waals surface area contributed by atoms with Gasteiger partial charge in [0.05, 0.1) is 12.3 Å². The molecular weight excluding hydrogens is 339 g/mol. The Bertz CT molecular complexity index is 712. The minimum atomic E-state index is -1.12. The highest BCUT2D eigenvalue weighted by molar-refractivity contribution is 5.93. The zero-order chi connectivity index (χ0) is 19.5. The van der Waals surface area contributed by atoms with Crippen LogP contribution >= 0.6 is 0 Å². The topological polar surface area (TPSA) is 86.7 Å². The van der Waals surface area contributed by atoms with Crippen LogP contribution in [0.25, 0.3) is 0 Å². The maximum absolute atomic E-state index is 13.9. The summed E-state index contributed by atoms with van der Waals surface area (Å²) >= 11 is 0. The van der Waals surface area contributed by atoms with Crippen molar-refractivity contribution in [3.8, 4) is 0 Å². The molecule has 1 saturated heterocycles. The zero-order valence-electron chi connectivity index (χ0n) is 15.3. The maximum Gasteiger partial charge on any atom is 0.307 e. The van der Waals surface area contributed by atoms with Gasteiger partial charge in [-0.2, -0.15) is 0 Å². The van der Waals surface area contributed by atoms with Crippen molar-refractivity contribution >= 4 is 23.5 Å². The molecule has 1 aliphatic rings. The van der Waals surface area contributed by atoms with Gasteiger partial charge in [-0.25, -0.2) is 4.39 Å². The van der Waals surface area contributed by atoms with E-state index >= 15 is 0 Å². The zero-order valence-corrected chi connectivity index (χ0v) is 15.3. The fourth-order valence-corrected chi connectivity index (χ4v) is 3.03. The third-order valence-corrected chi connectivity index (χ3v) is 4.38. The Morgan fingerprint density at radius 3 is 2.58 bits per heavy atom. The molecule has 1 aliphatic heterocycles. The summed E-state index contributed by atoms with van der Waals surface area (Å²) < 4.78 is 13.9. The summed E-state index contributed by atoms with van der Waals surface area (Å²) in [5.41, 5.74) is -0.155. The van der Waals surface area contributed by atoms with E-state index in [1.54, 1.807) is 4.90 Å². The molecule has 0 radical (unpaired) electrons. The lowest BCUT2D eigenvalue weighted by Crippen LogP contribution is -2.47. The highest BCUT2D eigenvalue weighted by Gasteiger charge is 2.33. The standard InChI is InChI=1S/C19H25FN2O4/c1-19(2,3)18(26)22-8-4-5-13(11-22)17(25)21-14-7-6-12(9-16(23)24)15(20)10-14/h6-7,10,13H,4-5,8-9,11H2,1-3H3,(H,21,25)(H,23,24). The largest absolute Gasteiger partial charge is 0.481 e. The molecule has 1 heterocycles. The number of nitrogens with one attached hydrogen (secondary N) is 1. The summed E-state index contributed by atoms with van der Waals surface area (Å²) in [7, 11) is 0. The molecule has 0 aliphatic carbocycles. The quantitative estimate of drug-likeness (QED) is 0.860. The number of nitrogens with zero attached hydrogens (tertiary/aromatic N) is 1. The second kappa shape index (κ2) is 7.85. The molecule has 1 atom stereocenters. The maximum atomic E-state index is 13.9. The van der Waals surface area contributed by atoms with Crippen LogP contribution in [0, 0.1) is 17.2 Å². The molecule has 1 fully saturated rings. The van der Waals surface area contributed by atoms with Crippen LogP contribution in [0.2, 0.25) is 0 Å². The van der Waals surface area contributed by atoms with Gasteiger partial charge in [0.25, 0.3) is 0 Å². The van der Waals surface area contributed by atoms with Gasteiger partial charge in [-0.15, -0.1) is 0 Å². The van der Waals surface area contributed by atoms with Crippen LogP contribution in [0.15, 0.2) is 18.2 Å². The number of piperidine rings is 1. The number of hydrogen-bond acceptors (Lipinski definition) is 3. The van der Waals surface area contributed by atoms with E-state index in [9.17, 15) is 18.8 Å². The molecule has 2 rings (SSSR count). The van der Waals surface area contributed by atoms with Crippen molar-refractivity contribution in [2.24, 2.45) is 11.3 Å². The molecule has 142 valence electrons. The number of carbonyl (C=O) groups excluding carboxylic acids is 2. The van der Waals surface area contributed by atoms with Crippen molar-refractivity contribution in [2.75, 3.05) is 18.4 Å². The van der Waals surface area contributed by atoms with Crippen LogP contribution in [0.3, 0.4) is 0 Å². The molecule has 1 aromatic carbocycles. The second-order valence-corrected chi connectivity index (χ2v) is 7.71. The number of rotatable bonds is 4. The normalized spacial score (nSPS) is 17.7. The van der Waals surface area contributed by atoms with E-state index in [1.165, 1.54) is 12.1 Å². The van der Waals surface area contributed by atoms with E-state index in [0.29, 0.717) is 19.5 Å². The number of amides is 2. The van der Waals surface area contributed by atoms with Crippen LogP contribution in [0.5, 0.6) is 0 Å². The van der Waals surface area contributed by atoms with Gasteiger partial charge in [-0.05, 0) is 30.5 Å².